The van der Waals surface area contributed by atoms with Gasteiger partial charge in [0, 0.05) is 23.4 Å². The van der Waals surface area contributed by atoms with Crippen molar-refractivity contribution in [2.24, 2.45) is 0 Å². The summed E-state index contributed by atoms with van der Waals surface area (Å²) in [5, 5.41) is 3.66. The van der Waals surface area contributed by atoms with Crippen LogP contribution < -0.4 is 19.9 Å². The van der Waals surface area contributed by atoms with Gasteiger partial charge in [0.25, 0.3) is 5.56 Å². The molecule has 39 heavy (non-hydrogen) atoms. The van der Waals surface area contributed by atoms with Crippen LogP contribution in [0.1, 0.15) is 18.4 Å². The lowest BCUT2D eigenvalue weighted by molar-refractivity contribution is -0.286. The molecule has 0 unspecified atom stereocenters. The molecule has 2 aliphatic rings. The van der Waals surface area contributed by atoms with Gasteiger partial charge in [0.1, 0.15) is 23.3 Å². The molecular formula is C24H15ClF5N5O4. The van der Waals surface area contributed by atoms with Gasteiger partial charge >= 0.3 is 12.5 Å². The van der Waals surface area contributed by atoms with E-state index in [0.29, 0.717) is 12.8 Å². The molecule has 1 aliphatic carbocycles. The van der Waals surface area contributed by atoms with Gasteiger partial charge in [-0.2, -0.15) is 18.3 Å². The van der Waals surface area contributed by atoms with Crippen molar-refractivity contribution in [1.82, 2.24) is 19.7 Å². The van der Waals surface area contributed by atoms with Gasteiger partial charge in [-0.25, -0.2) is 9.67 Å². The molecule has 0 bridgehead atoms. The van der Waals surface area contributed by atoms with Gasteiger partial charge in [-0.05, 0) is 37.1 Å². The Labute approximate surface area is 219 Å². The number of alkyl halides is 5. The molecule has 1 saturated carbocycles. The van der Waals surface area contributed by atoms with E-state index >= 15 is 0 Å². The average Bonchev–Trinajstić information content (AvgIpc) is 3.44. The molecule has 0 saturated heterocycles. The van der Waals surface area contributed by atoms with Crippen LogP contribution in [0.25, 0.3) is 22.3 Å². The number of ether oxygens (including phenoxy) is 2. The largest absolute Gasteiger partial charge is 0.586 e. The number of rotatable bonds is 5. The fraction of sp³-hybridized carbons (Fsp3) is 0.250. The highest BCUT2D eigenvalue weighted by Crippen LogP contribution is 2.44. The summed E-state index contributed by atoms with van der Waals surface area (Å²) in [5.41, 5.74) is -1.26. The number of hydrogen-bond donors (Lipinski definition) is 1. The molecule has 1 aliphatic heterocycles. The lowest BCUT2D eigenvalue weighted by Crippen LogP contribution is -2.39. The zero-order valence-corrected chi connectivity index (χ0v) is 20.2. The Balaban J connectivity index is 1.37. The standard InChI is InChI=1S/C24H15ClF5N5O4/c25-15-7-11(1-5-14(15)23(26,27)28)19-20-21(32-10-31-20)22(37)34(33-19)9-18(36)35(12-2-3-12)13-4-6-16-17(8-13)39-24(29,30)38-16/h1,4-8,10,12H,2-3,9H2,(H,31,32). The number of carbonyl (C=O) groups is 1. The molecule has 1 amide bonds. The van der Waals surface area contributed by atoms with E-state index in [2.05, 4.69) is 24.5 Å². The van der Waals surface area contributed by atoms with Crippen molar-refractivity contribution in [2.45, 2.75) is 37.9 Å². The predicted octanol–water partition coefficient (Wildman–Crippen LogP) is 4.98. The summed E-state index contributed by atoms with van der Waals surface area (Å²) < 4.78 is 76.3. The molecule has 3 heterocycles. The van der Waals surface area contributed by atoms with Gasteiger partial charge in [-0.3, -0.25) is 9.59 Å². The van der Waals surface area contributed by atoms with Gasteiger partial charge in [-0.15, -0.1) is 8.78 Å². The molecule has 202 valence electrons. The minimum absolute atomic E-state index is 0.0212. The first-order valence-corrected chi connectivity index (χ1v) is 11.8. The highest BCUT2D eigenvalue weighted by Gasteiger charge is 2.44. The molecule has 6 rings (SSSR count). The van der Waals surface area contributed by atoms with Crippen molar-refractivity contribution in [3.8, 4) is 22.8 Å². The molecule has 2 aromatic carbocycles. The number of amides is 1. The Hall–Kier alpha value is -4.20. The van der Waals surface area contributed by atoms with E-state index in [1.807, 2.05) is 0 Å². The smallest absolute Gasteiger partial charge is 0.395 e. The van der Waals surface area contributed by atoms with Gasteiger partial charge in [0.05, 0.1) is 16.9 Å². The maximum atomic E-state index is 13.5. The number of carbonyl (C=O) groups excluding carboxylic acids is 1. The van der Waals surface area contributed by atoms with E-state index < -0.39 is 41.1 Å². The second-order valence-corrected chi connectivity index (χ2v) is 9.33. The topological polar surface area (TPSA) is 102 Å². The average molecular weight is 568 g/mol. The minimum Gasteiger partial charge on any atom is -0.395 e. The quantitative estimate of drug-likeness (QED) is 0.342. The lowest BCUT2D eigenvalue weighted by Gasteiger charge is -2.23. The first-order chi connectivity index (χ1) is 18.4. The third kappa shape index (κ3) is 4.54. The number of fused-ring (bicyclic) bond motifs is 2. The van der Waals surface area contributed by atoms with Gasteiger partial charge in [0.15, 0.2) is 11.5 Å². The number of nitrogens with zero attached hydrogens (tertiary/aromatic N) is 4. The zero-order valence-electron chi connectivity index (χ0n) is 19.4. The predicted molar refractivity (Wildman–Crippen MR) is 127 cm³/mol. The van der Waals surface area contributed by atoms with Crippen molar-refractivity contribution in [3.05, 3.63) is 63.7 Å². The van der Waals surface area contributed by atoms with Gasteiger partial charge in [0.2, 0.25) is 5.91 Å². The summed E-state index contributed by atoms with van der Waals surface area (Å²) in [7, 11) is 0. The van der Waals surface area contributed by atoms with Crippen molar-refractivity contribution < 1.29 is 36.2 Å². The number of anilines is 1. The van der Waals surface area contributed by atoms with E-state index in [9.17, 15) is 31.5 Å². The molecule has 9 nitrogen and oxygen atoms in total. The summed E-state index contributed by atoms with van der Waals surface area (Å²) in [6, 6.07) is 6.66. The molecule has 1 fully saturated rings. The minimum atomic E-state index is -4.67. The lowest BCUT2D eigenvalue weighted by atomic mass is 10.1. The van der Waals surface area contributed by atoms with Crippen molar-refractivity contribution in [2.75, 3.05) is 4.90 Å². The monoisotopic (exact) mass is 567 g/mol. The number of nitrogens with one attached hydrogen (secondary N) is 1. The molecule has 15 heteroatoms. The number of halogens is 6. The van der Waals surface area contributed by atoms with Crippen LogP contribution in [-0.2, 0) is 17.5 Å². The Kier molecular flexibility index (Phi) is 5.57. The second-order valence-electron chi connectivity index (χ2n) is 8.92. The zero-order chi connectivity index (χ0) is 27.7. The summed E-state index contributed by atoms with van der Waals surface area (Å²) in [4.78, 5) is 34.6. The molecule has 0 radical (unpaired) electrons. The Morgan fingerprint density at radius 3 is 2.59 bits per heavy atom. The first-order valence-electron chi connectivity index (χ1n) is 11.4. The highest BCUT2D eigenvalue weighted by molar-refractivity contribution is 6.31. The number of aromatic nitrogens is 4. The Morgan fingerprint density at radius 1 is 1.15 bits per heavy atom. The van der Waals surface area contributed by atoms with Crippen LogP contribution in [0.2, 0.25) is 5.02 Å². The van der Waals surface area contributed by atoms with Crippen LogP contribution in [0, 0.1) is 0 Å². The molecular weight excluding hydrogens is 553 g/mol. The van der Waals surface area contributed by atoms with E-state index in [1.165, 1.54) is 29.4 Å². The summed E-state index contributed by atoms with van der Waals surface area (Å²) in [6.07, 6.45) is -5.99. The van der Waals surface area contributed by atoms with Crippen molar-refractivity contribution >= 4 is 34.2 Å². The van der Waals surface area contributed by atoms with E-state index in [1.54, 1.807) is 0 Å². The van der Waals surface area contributed by atoms with Crippen LogP contribution in [0.5, 0.6) is 11.5 Å². The maximum absolute atomic E-state index is 13.5. The van der Waals surface area contributed by atoms with Crippen molar-refractivity contribution in [3.63, 3.8) is 0 Å². The van der Waals surface area contributed by atoms with Crippen LogP contribution in [0.3, 0.4) is 0 Å². The molecule has 1 N–H and O–H groups in total. The Morgan fingerprint density at radius 2 is 1.90 bits per heavy atom. The molecule has 2 aromatic heterocycles. The van der Waals surface area contributed by atoms with E-state index in [4.69, 9.17) is 11.6 Å². The fourth-order valence-electron chi connectivity index (χ4n) is 4.36. The van der Waals surface area contributed by atoms with Crippen LogP contribution in [0.4, 0.5) is 27.6 Å². The molecule has 4 aromatic rings. The first kappa shape index (κ1) is 25.1. The number of imidazole rings is 1. The molecule has 0 atom stereocenters. The SMILES string of the molecule is O=C(Cn1nc(-c2ccc(C(F)(F)F)c(Cl)c2)c2nc[nH]c2c1=O)N(c1ccc2c(c1)OC(F)(F)O2)C1CC1. The van der Waals surface area contributed by atoms with Crippen LogP contribution in [-0.4, -0.2) is 38.0 Å². The number of benzene rings is 2. The highest BCUT2D eigenvalue weighted by atomic mass is 35.5. The number of hydrogen-bond acceptors (Lipinski definition) is 6. The third-order valence-corrected chi connectivity index (χ3v) is 6.52. The van der Waals surface area contributed by atoms with Gasteiger partial charge < -0.3 is 19.4 Å². The number of aromatic amines is 1. The third-order valence-electron chi connectivity index (χ3n) is 6.21. The number of H-pyrrole nitrogens is 1. The summed E-state index contributed by atoms with van der Waals surface area (Å²) >= 11 is 5.88. The normalized spacial score (nSPS) is 16.1. The maximum Gasteiger partial charge on any atom is 0.586 e. The fourth-order valence-corrected chi connectivity index (χ4v) is 4.64. The van der Waals surface area contributed by atoms with Crippen molar-refractivity contribution in [1.29, 1.82) is 0 Å². The van der Waals surface area contributed by atoms with E-state index in [-0.39, 0.29) is 45.5 Å². The summed E-state index contributed by atoms with van der Waals surface area (Å²) in [5.74, 6) is -1.01. The second kappa shape index (κ2) is 8.66. The van der Waals surface area contributed by atoms with Crippen LogP contribution >= 0.6 is 11.6 Å². The van der Waals surface area contributed by atoms with Crippen LogP contribution in [0.15, 0.2) is 47.5 Å². The van der Waals surface area contributed by atoms with Gasteiger partial charge in [-0.1, -0.05) is 17.7 Å². The molecule has 0 spiro atoms. The summed E-state index contributed by atoms with van der Waals surface area (Å²) in [6.45, 7) is -0.559. The Bertz CT molecular complexity index is 1700. The van der Waals surface area contributed by atoms with E-state index in [0.717, 1.165) is 22.9 Å².